The number of benzene rings is 1. The Kier molecular flexibility index (Phi) is 7.88. The lowest BCUT2D eigenvalue weighted by Crippen LogP contribution is -2.30. The summed E-state index contributed by atoms with van der Waals surface area (Å²) < 4.78 is 11.0. The van der Waals surface area contributed by atoms with Gasteiger partial charge in [0.15, 0.2) is 0 Å². The molecule has 2 rings (SSSR count). The lowest BCUT2D eigenvalue weighted by atomic mass is 9.72. The van der Waals surface area contributed by atoms with Crippen LogP contribution in [-0.2, 0) is 9.47 Å². The first-order valence-electron chi connectivity index (χ1n) is 10.3. The molecule has 0 radical (unpaired) electrons. The smallest absolute Gasteiger partial charge is 0.338 e. The predicted octanol–water partition coefficient (Wildman–Crippen LogP) is 5.80. The lowest BCUT2D eigenvalue weighted by molar-refractivity contribution is 0.00929. The molecule has 0 aromatic heterocycles. The summed E-state index contributed by atoms with van der Waals surface area (Å²) in [6, 6.07) is 6.64. The van der Waals surface area contributed by atoms with E-state index in [0.29, 0.717) is 29.1 Å². The molecule has 0 bridgehead atoms. The van der Waals surface area contributed by atoms with E-state index in [-0.39, 0.29) is 18.0 Å². The van der Waals surface area contributed by atoms with Crippen LogP contribution in [0.4, 0.5) is 0 Å². The van der Waals surface area contributed by atoms with Crippen LogP contribution in [0.2, 0.25) is 0 Å². The number of hydrogen-bond donors (Lipinski definition) is 0. The summed E-state index contributed by atoms with van der Waals surface area (Å²) in [5.74, 6) is -0.0560. The van der Waals surface area contributed by atoms with E-state index in [4.69, 9.17) is 9.47 Å². The van der Waals surface area contributed by atoms with Crippen LogP contribution in [0.15, 0.2) is 24.3 Å². The molecule has 1 aromatic carbocycles. The van der Waals surface area contributed by atoms with Crippen molar-refractivity contribution in [2.24, 2.45) is 11.3 Å². The first kappa shape index (κ1) is 21.5. The van der Waals surface area contributed by atoms with E-state index >= 15 is 0 Å². The first-order valence-corrected chi connectivity index (χ1v) is 10.3. The minimum atomic E-state index is -0.383. The molecule has 0 heterocycles. The number of hydrogen-bond acceptors (Lipinski definition) is 4. The number of unbranched alkanes of at least 4 members (excludes halogenated alkanes) is 2. The number of rotatable bonds is 7. The van der Waals surface area contributed by atoms with Crippen LogP contribution < -0.4 is 0 Å². The molecule has 150 valence electrons. The minimum absolute atomic E-state index is 0.0271. The van der Waals surface area contributed by atoms with E-state index in [1.165, 1.54) is 0 Å². The van der Waals surface area contributed by atoms with Gasteiger partial charge in [0.05, 0.1) is 17.7 Å². The van der Waals surface area contributed by atoms with E-state index in [1.807, 2.05) is 0 Å². The van der Waals surface area contributed by atoms with Crippen LogP contribution in [0.1, 0.15) is 93.4 Å². The summed E-state index contributed by atoms with van der Waals surface area (Å²) in [6.45, 7) is 9.34. The van der Waals surface area contributed by atoms with Crippen molar-refractivity contribution in [3.8, 4) is 0 Å². The van der Waals surface area contributed by atoms with Gasteiger partial charge in [0.2, 0.25) is 0 Å². The van der Waals surface area contributed by atoms with Crippen molar-refractivity contribution in [3.05, 3.63) is 35.4 Å². The number of esters is 2. The molecule has 0 saturated heterocycles. The van der Waals surface area contributed by atoms with Crippen molar-refractivity contribution in [2.45, 2.75) is 78.7 Å². The van der Waals surface area contributed by atoms with Crippen LogP contribution in [-0.4, -0.2) is 24.6 Å². The molecule has 1 aliphatic carbocycles. The zero-order chi connectivity index (χ0) is 19.9. The van der Waals surface area contributed by atoms with E-state index < -0.39 is 0 Å². The first-order chi connectivity index (χ1) is 12.8. The van der Waals surface area contributed by atoms with Crippen molar-refractivity contribution < 1.29 is 19.1 Å². The van der Waals surface area contributed by atoms with Crippen molar-refractivity contribution in [1.29, 1.82) is 0 Å². The van der Waals surface area contributed by atoms with Crippen LogP contribution in [0, 0.1) is 11.3 Å². The standard InChI is InChI=1S/C23H34O4/c1-5-6-7-15-26-21(24)17-9-8-10-18(16-17)22(25)27-20-13-11-19(12-14-20)23(2,3)4/h8-10,16,19-20H,5-7,11-15H2,1-4H3. The summed E-state index contributed by atoms with van der Waals surface area (Å²) in [5, 5.41) is 0. The quantitative estimate of drug-likeness (QED) is 0.447. The van der Waals surface area contributed by atoms with Crippen LogP contribution >= 0.6 is 0 Å². The lowest BCUT2D eigenvalue weighted by Gasteiger charge is -2.36. The SMILES string of the molecule is CCCCCOC(=O)c1cccc(C(=O)OC2CCC(C(C)(C)C)CC2)c1. The minimum Gasteiger partial charge on any atom is -0.462 e. The fourth-order valence-electron chi connectivity index (χ4n) is 3.64. The van der Waals surface area contributed by atoms with E-state index in [1.54, 1.807) is 24.3 Å². The fourth-order valence-corrected chi connectivity index (χ4v) is 3.64. The largest absolute Gasteiger partial charge is 0.462 e. The summed E-state index contributed by atoms with van der Waals surface area (Å²) in [4.78, 5) is 24.6. The third kappa shape index (κ3) is 6.67. The maximum Gasteiger partial charge on any atom is 0.338 e. The van der Waals surface area contributed by atoms with Gasteiger partial charge in [0.25, 0.3) is 0 Å². The number of carbonyl (C=O) groups is 2. The van der Waals surface area contributed by atoms with Crippen molar-refractivity contribution in [1.82, 2.24) is 0 Å². The molecule has 27 heavy (non-hydrogen) atoms. The van der Waals surface area contributed by atoms with Gasteiger partial charge in [0, 0.05) is 0 Å². The van der Waals surface area contributed by atoms with E-state index in [2.05, 4.69) is 27.7 Å². The Morgan fingerprint density at radius 3 is 2.22 bits per heavy atom. The second kappa shape index (κ2) is 9.91. The fraction of sp³-hybridized carbons (Fsp3) is 0.652. The summed E-state index contributed by atoms with van der Waals surface area (Å²) in [6.07, 6.45) is 6.95. The molecule has 1 aromatic rings. The van der Waals surface area contributed by atoms with Gasteiger partial charge in [-0.05, 0) is 61.6 Å². The molecule has 0 N–H and O–H groups in total. The second-order valence-corrected chi connectivity index (χ2v) is 8.67. The maximum absolute atomic E-state index is 12.5. The molecular formula is C23H34O4. The monoisotopic (exact) mass is 374 g/mol. The van der Waals surface area contributed by atoms with E-state index in [9.17, 15) is 9.59 Å². The molecule has 4 heteroatoms. The highest BCUT2D eigenvalue weighted by molar-refractivity contribution is 5.95. The molecule has 1 aliphatic rings. The topological polar surface area (TPSA) is 52.6 Å². The highest BCUT2D eigenvalue weighted by atomic mass is 16.5. The van der Waals surface area contributed by atoms with Crippen molar-refractivity contribution >= 4 is 11.9 Å². The number of carbonyl (C=O) groups excluding carboxylic acids is 2. The third-order valence-electron chi connectivity index (χ3n) is 5.49. The van der Waals surface area contributed by atoms with Crippen molar-refractivity contribution in [3.63, 3.8) is 0 Å². The molecule has 1 fully saturated rings. The Labute approximate surface area is 163 Å². The zero-order valence-corrected chi connectivity index (χ0v) is 17.3. The van der Waals surface area contributed by atoms with Crippen LogP contribution in [0.5, 0.6) is 0 Å². The van der Waals surface area contributed by atoms with Gasteiger partial charge in [-0.1, -0.05) is 46.6 Å². The Balaban J connectivity index is 1.87. The van der Waals surface area contributed by atoms with Gasteiger partial charge < -0.3 is 9.47 Å². The Hall–Kier alpha value is -1.84. The van der Waals surface area contributed by atoms with Crippen LogP contribution in [0.3, 0.4) is 0 Å². The highest BCUT2D eigenvalue weighted by Crippen LogP contribution is 2.38. The number of ether oxygens (including phenoxy) is 2. The third-order valence-corrected chi connectivity index (χ3v) is 5.49. The van der Waals surface area contributed by atoms with Crippen molar-refractivity contribution in [2.75, 3.05) is 6.61 Å². The predicted molar refractivity (Wildman–Crippen MR) is 107 cm³/mol. The molecule has 0 atom stereocenters. The molecule has 0 amide bonds. The Morgan fingerprint density at radius 1 is 1.00 bits per heavy atom. The van der Waals surface area contributed by atoms with Crippen LogP contribution in [0.25, 0.3) is 0 Å². The van der Waals surface area contributed by atoms with Gasteiger partial charge in [-0.3, -0.25) is 0 Å². The van der Waals surface area contributed by atoms with E-state index in [0.717, 1.165) is 44.9 Å². The average Bonchev–Trinajstić information content (AvgIpc) is 2.65. The summed E-state index contributed by atoms with van der Waals surface area (Å²) in [7, 11) is 0. The second-order valence-electron chi connectivity index (χ2n) is 8.67. The molecule has 4 nitrogen and oxygen atoms in total. The van der Waals surface area contributed by atoms with Gasteiger partial charge in [0.1, 0.15) is 6.10 Å². The van der Waals surface area contributed by atoms with Gasteiger partial charge >= 0.3 is 11.9 Å². The zero-order valence-electron chi connectivity index (χ0n) is 17.3. The Bertz CT molecular complexity index is 622. The molecule has 0 spiro atoms. The molecule has 1 saturated carbocycles. The summed E-state index contributed by atoms with van der Waals surface area (Å²) >= 11 is 0. The van der Waals surface area contributed by atoms with Gasteiger partial charge in [-0.2, -0.15) is 0 Å². The van der Waals surface area contributed by atoms with Gasteiger partial charge in [-0.15, -0.1) is 0 Å². The summed E-state index contributed by atoms with van der Waals surface area (Å²) in [5.41, 5.74) is 1.12. The Morgan fingerprint density at radius 2 is 1.63 bits per heavy atom. The molecule has 0 aliphatic heterocycles. The average molecular weight is 375 g/mol. The molecule has 0 unspecified atom stereocenters. The highest BCUT2D eigenvalue weighted by Gasteiger charge is 2.31. The molecular weight excluding hydrogens is 340 g/mol. The normalized spacial score (nSPS) is 20.1. The van der Waals surface area contributed by atoms with Gasteiger partial charge in [-0.25, -0.2) is 9.59 Å². The maximum atomic E-state index is 12.5.